The summed E-state index contributed by atoms with van der Waals surface area (Å²) < 4.78 is 0. The molecule has 0 radical (unpaired) electrons. The molecule has 0 atom stereocenters. The second-order valence-corrected chi connectivity index (χ2v) is 3.40. The van der Waals surface area contributed by atoms with E-state index in [9.17, 15) is 9.90 Å². The molecule has 0 spiro atoms. The second kappa shape index (κ2) is 3.47. The number of amides is 1. The topological polar surface area (TPSA) is 52.2 Å². The van der Waals surface area contributed by atoms with Crippen LogP contribution in [0.1, 0.15) is 19.4 Å². The Kier molecular flexibility index (Phi) is 2.56. The maximum atomic E-state index is 10.4. The summed E-state index contributed by atoms with van der Waals surface area (Å²) in [5.74, 6) is 0. The zero-order valence-electron chi connectivity index (χ0n) is 7.70. The molecule has 1 aromatic carbocycles. The molecule has 0 aliphatic carbocycles. The SMILES string of the molecule is CC(C)(NC(=O)[O-])c1ccccc1. The van der Waals surface area contributed by atoms with Gasteiger partial charge in [-0.3, -0.25) is 0 Å². The van der Waals surface area contributed by atoms with Crippen molar-refractivity contribution in [1.82, 2.24) is 5.32 Å². The fraction of sp³-hybridized carbons (Fsp3) is 0.300. The Hall–Kier alpha value is -1.51. The van der Waals surface area contributed by atoms with Gasteiger partial charge in [0.2, 0.25) is 0 Å². The van der Waals surface area contributed by atoms with Crippen molar-refractivity contribution in [2.75, 3.05) is 0 Å². The van der Waals surface area contributed by atoms with Crippen LogP contribution in [-0.4, -0.2) is 6.09 Å². The molecule has 13 heavy (non-hydrogen) atoms. The summed E-state index contributed by atoms with van der Waals surface area (Å²) in [5.41, 5.74) is 0.319. The lowest BCUT2D eigenvalue weighted by atomic mass is 9.95. The average Bonchev–Trinajstić information content (AvgIpc) is 2.04. The number of carbonyl (C=O) groups is 1. The van der Waals surface area contributed by atoms with Gasteiger partial charge in [-0.15, -0.1) is 0 Å². The lowest BCUT2D eigenvalue weighted by Crippen LogP contribution is -2.47. The molecule has 70 valence electrons. The van der Waals surface area contributed by atoms with Crippen LogP contribution in [0.15, 0.2) is 30.3 Å². The molecule has 0 heterocycles. The van der Waals surface area contributed by atoms with Gasteiger partial charge in [0.05, 0.1) is 5.54 Å². The van der Waals surface area contributed by atoms with Gasteiger partial charge in [-0.25, -0.2) is 0 Å². The molecule has 0 aliphatic rings. The number of nitrogens with one attached hydrogen (secondary N) is 1. The van der Waals surface area contributed by atoms with Crippen LogP contribution in [0.3, 0.4) is 0 Å². The van der Waals surface area contributed by atoms with Crippen LogP contribution in [0.5, 0.6) is 0 Å². The van der Waals surface area contributed by atoms with Gasteiger partial charge in [0.1, 0.15) is 6.09 Å². The number of rotatable bonds is 2. The van der Waals surface area contributed by atoms with Crippen LogP contribution in [0.25, 0.3) is 0 Å². The maximum absolute atomic E-state index is 10.4. The molecule has 0 aromatic heterocycles. The highest BCUT2D eigenvalue weighted by Gasteiger charge is 2.18. The Morgan fingerprint density at radius 3 is 2.31 bits per heavy atom. The van der Waals surface area contributed by atoms with E-state index in [0.29, 0.717) is 0 Å². The van der Waals surface area contributed by atoms with Crippen molar-refractivity contribution in [3.8, 4) is 0 Å². The number of carbonyl (C=O) groups excluding carboxylic acids is 1. The minimum Gasteiger partial charge on any atom is -0.530 e. The van der Waals surface area contributed by atoms with Crippen molar-refractivity contribution in [2.24, 2.45) is 0 Å². The summed E-state index contributed by atoms with van der Waals surface area (Å²) in [4.78, 5) is 10.4. The van der Waals surface area contributed by atoms with E-state index in [1.165, 1.54) is 0 Å². The zero-order valence-corrected chi connectivity index (χ0v) is 7.70. The summed E-state index contributed by atoms with van der Waals surface area (Å²) in [6.45, 7) is 3.58. The molecular formula is C10H12NO2-. The van der Waals surface area contributed by atoms with E-state index in [-0.39, 0.29) is 0 Å². The molecule has 0 saturated carbocycles. The van der Waals surface area contributed by atoms with E-state index in [1.54, 1.807) is 13.8 Å². The third-order valence-corrected chi connectivity index (χ3v) is 1.91. The lowest BCUT2D eigenvalue weighted by Gasteiger charge is -2.28. The molecule has 3 heteroatoms. The summed E-state index contributed by atoms with van der Waals surface area (Å²) in [5, 5.41) is 12.7. The first-order valence-corrected chi connectivity index (χ1v) is 4.07. The van der Waals surface area contributed by atoms with Crippen molar-refractivity contribution < 1.29 is 9.90 Å². The normalized spacial score (nSPS) is 10.9. The first-order valence-electron chi connectivity index (χ1n) is 4.07. The van der Waals surface area contributed by atoms with Crippen LogP contribution in [0.2, 0.25) is 0 Å². The molecule has 1 amide bonds. The van der Waals surface area contributed by atoms with E-state index < -0.39 is 11.6 Å². The van der Waals surface area contributed by atoms with Crippen molar-refractivity contribution in [3.05, 3.63) is 35.9 Å². The molecule has 1 aromatic rings. The Morgan fingerprint density at radius 2 is 1.85 bits per heavy atom. The number of hydrogen-bond acceptors (Lipinski definition) is 2. The lowest BCUT2D eigenvalue weighted by molar-refractivity contribution is -0.253. The van der Waals surface area contributed by atoms with Gasteiger partial charge < -0.3 is 15.2 Å². The van der Waals surface area contributed by atoms with E-state index in [2.05, 4.69) is 5.32 Å². The fourth-order valence-corrected chi connectivity index (χ4v) is 1.18. The third-order valence-electron chi connectivity index (χ3n) is 1.91. The predicted octanol–water partition coefficient (Wildman–Crippen LogP) is 0.855. The molecule has 0 bridgehead atoms. The summed E-state index contributed by atoms with van der Waals surface area (Å²) >= 11 is 0. The first-order chi connectivity index (χ1) is 6.02. The van der Waals surface area contributed by atoms with Crippen LogP contribution in [-0.2, 0) is 5.54 Å². The summed E-state index contributed by atoms with van der Waals surface area (Å²) in [6, 6.07) is 9.37. The van der Waals surface area contributed by atoms with Crippen molar-refractivity contribution in [3.63, 3.8) is 0 Å². The largest absolute Gasteiger partial charge is 0.530 e. The number of carboxylic acid groups (broad SMARTS) is 1. The van der Waals surface area contributed by atoms with Gasteiger partial charge in [-0.2, -0.15) is 0 Å². The Balaban J connectivity index is 2.87. The highest BCUT2D eigenvalue weighted by molar-refractivity contribution is 5.63. The van der Waals surface area contributed by atoms with Crippen LogP contribution >= 0.6 is 0 Å². The van der Waals surface area contributed by atoms with E-state index in [0.717, 1.165) is 5.56 Å². The van der Waals surface area contributed by atoms with Crippen molar-refractivity contribution in [1.29, 1.82) is 0 Å². The Bertz CT molecular complexity index is 293. The van der Waals surface area contributed by atoms with Crippen LogP contribution in [0.4, 0.5) is 4.79 Å². The minimum atomic E-state index is -1.26. The van der Waals surface area contributed by atoms with Gasteiger partial charge in [-0.05, 0) is 19.4 Å². The van der Waals surface area contributed by atoms with Crippen LogP contribution < -0.4 is 10.4 Å². The highest BCUT2D eigenvalue weighted by atomic mass is 16.4. The standard InChI is InChI=1S/C10H13NO2/c1-10(2,11-9(12)13)8-6-4-3-5-7-8/h3-7,11H,1-2H3,(H,12,13)/p-1. The fourth-order valence-electron chi connectivity index (χ4n) is 1.18. The van der Waals surface area contributed by atoms with Gasteiger partial charge in [-0.1, -0.05) is 30.3 Å². The molecule has 0 unspecified atom stereocenters. The quantitative estimate of drug-likeness (QED) is 0.730. The zero-order chi connectivity index (χ0) is 9.90. The summed E-state index contributed by atoms with van der Waals surface area (Å²) in [7, 11) is 0. The highest BCUT2D eigenvalue weighted by Crippen LogP contribution is 2.18. The van der Waals surface area contributed by atoms with Gasteiger partial charge in [0.15, 0.2) is 0 Å². The first kappa shape index (κ1) is 9.58. The Labute approximate surface area is 77.4 Å². The second-order valence-electron chi connectivity index (χ2n) is 3.40. The molecule has 0 aliphatic heterocycles. The molecule has 0 fully saturated rings. The molecular weight excluding hydrogens is 166 g/mol. The molecule has 0 saturated heterocycles. The molecule has 1 N–H and O–H groups in total. The van der Waals surface area contributed by atoms with Gasteiger partial charge in [0, 0.05) is 0 Å². The van der Waals surface area contributed by atoms with Gasteiger partial charge in [0.25, 0.3) is 0 Å². The predicted molar refractivity (Wildman–Crippen MR) is 48.0 cm³/mol. The average molecular weight is 178 g/mol. The summed E-state index contributed by atoms with van der Waals surface area (Å²) in [6.07, 6.45) is -1.26. The molecule has 1 rings (SSSR count). The minimum absolute atomic E-state index is 0.597. The van der Waals surface area contributed by atoms with E-state index in [1.807, 2.05) is 30.3 Å². The van der Waals surface area contributed by atoms with Gasteiger partial charge >= 0.3 is 0 Å². The van der Waals surface area contributed by atoms with Crippen molar-refractivity contribution in [2.45, 2.75) is 19.4 Å². The Morgan fingerprint density at radius 1 is 1.31 bits per heavy atom. The molecule has 3 nitrogen and oxygen atoms in total. The van der Waals surface area contributed by atoms with E-state index in [4.69, 9.17) is 0 Å². The monoisotopic (exact) mass is 178 g/mol. The van der Waals surface area contributed by atoms with E-state index >= 15 is 0 Å². The number of hydrogen-bond donors (Lipinski definition) is 1. The maximum Gasteiger partial charge on any atom is 0.134 e. The van der Waals surface area contributed by atoms with Crippen LogP contribution in [0, 0.1) is 0 Å². The third kappa shape index (κ3) is 2.47. The van der Waals surface area contributed by atoms with Crippen molar-refractivity contribution >= 4 is 6.09 Å². The number of benzene rings is 1. The smallest absolute Gasteiger partial charge is 0.134 e.